The summed E-state index contributed by atoms with van der Waals surface area (Å²) in [4.78, 5) is 25.1. The molecule has 0 aromatic heterocycles. The summed E-state index contributed by atoms with van der Waals surface area (Å²) in [6.07, 6.45) is 1.54. The average molecular weight is 277 g/mol. The second kappa shape index (κ2) is 5.94. The number of ether oxygens (including phenoxy) is 1. The molecule has 0 spiro atoms. The summed E-state index contributed by atoms with van der Waals surface area (Å²) in [5.41, 5.74) is 0.830. The number of carboxylic acids is 1. The van der Waals surface area contributed by atoms with Crippen molar-refractivity contribution in [3.05, 3.63) is 29.8 Å². The predicted molar refractivity (Wildman–Crippen MR) is 73.5 cm³/mol. The van der Waals surface area contributed by atoms with Crippen molar-refractivity contribution in [3.8, 4) is 5.75 Å². The lowest BCUT2D eigenvalue weighted by atomic mass is 9.89. The quantitative estimate of drug-likeness (QED) is 0.918. The number of carbonyl (C=O) groups excluding carboxylic acids is 1. The smallest absolute Gasteiger partial charge is 0.308 e. The Balaban J connectivity index is 2.38. The van der Waals surface area contributed by atoms with Crippen molar-refractivity contribution in [2.45, 2.75) is 25.3 Å². The minimum absolute atomic E-state index is 0.00503. The van der Waals surface area contributed by atoms with Crippen molar-refractivity contribution < 1.29 is 19.4 Å². The van der Waals surface area contributed by atoms with Gasteiger partial charge in [-0.2, -0.15) is 0 Å². The highest BCUT2D eigenvalue weighted by Crippen LogP contribution is 2.35. The zero-order chi connectivity index (χ0) is 14.7. The highest BCUT2D eigenvalue weighted by Gasteiger charge is 2.36. The normalized spacial score (nSPS) is 23.3. The first-order chi connectivity index (χ1) is 9.54. The minimum atomic E-state index is -0.854. The standard InChI is InChI=1S/C15H19NO4/c1-16-13(17)5-3-4-12(15(18)19)14(16)10-6-8-11(20-2)9-7-10/h6-9,12,14H,3-5H2,1-2H3,(H,18,19). The molecule has 1 fully saturated rings. The molecule has 2 unspecified atom stereocenters. The maximum Gasteiger partial charge on any atom is 0.308 e. The monoisotopic (exact) mass is 277 g/mol. The Bertz CT molecular complexity index is 497. The molecule has 1 aromatic rings. The van der Waals surface area contributed by atoms with Gasteiger partial charge < -0.3 is 14.7 Å². The van der Waals surface area contributed by atoms with E-state index in [0.717, 1.165) is 5.56 Å². The Hall–Kier alpha value is -2.04. The van der Waals surface area contributed by atoms with E-state index in [9.17, 15) is 14.7 Å². The van der Waals surface area contributed by atoms with Crippen LogP contribution in [0.4, 0.5) is 0 Å². The molecule has 1 saturated heterocycles. The summed E-state index contributed by atoms with van der Waals surface area (Å²) in [6.45, 7) is 0. The number of likely N-dealkylation sites (tertiary alicyclic amines) is 1. The van der Waals surface area contributed by atoms with Crippen LogP contribution in [0.3, 0.4) is 0 Å². The van der Waals surface area contributed by atoms with Crippen molar-refractivity contribution in [1.82, 2.24) is 4.90 Å². The second-order valence-corrected chi connectivity index (χ2v) is 5.06. The van der Waals surface area contributed by atoms with Crippen molar-refractivity contribution >= 4 is 11.9 Å². The molecule has 2 rings (SSSR count). The Kier molecular flexibility index (Phi) is 4.27. The molecule has 1 amide bonds. The van der Waals surface area contributed by atoms with Gasteiger partial charge in [0.2, 0.25) is 5.91 Å². The average Bonchev–Trinajstić information content (AvgIpc) is 2.59. The van der Waals surface area contributed by atoms with Gasteiger partial charge in [-0.3, -0.25) is 9.59 Å². The third kappa shape index (κ3) is 2.76. The van der Waals surface area contributed by atoms with E-state index >= 15 is 0 Å². The van der Waals surface area contributed by atoms with Gasteiger partial charge in [0.15, 0.2) is 0 Å². The first-order valence-electron chi connectivity index (χ1n) is 6.67. The van der Waals surface area contributed by atoms with E-state index in [1.165, 1.54) is 0 Å². The van der Waals surface area contributed by atoms with Crippen LogP contribution in [0.25, 0.3) is 0 Å². The number of hydrogen-bond donors (Lipinski definition) is 1. The summed E-state index contributed by atoms with van der Waals surface area (Å²) in [7, 11) is 3.26. The van der Waals surface area contributed by atoms with Crippen LogP contribution in [0.15, 0.2) is 24.3 Å². The van der Waals surface area contributed by atoms with Gasteiger partial charge in [0.1, 0.15) is 5.75 Å². The molecule has 0 bridgehead atoms. The Morgan fingerprint density at radius 1 is 1.35 bits per heavy atom. The molecule has 20 heavy (non-hydrogen) atoms. The van der Waals surface area contributed by atoms with Crippen LogP contribution in [0.1, 0.15) is 30.9 Å². The van der Waals surface area contributed by atoms with Gasteiger partial charge in [0, 0.05) is 13.5 Å². The number of hydrogen-bond acceptors (Lipinski definition) is 3. The lowest BCUT2D eigenvalue weighted by Gasteiger charge is -2.30. The van der Waals surface area contributed by atoms with Crippen LogP contribution in [0, 0.1) is 5.92 Å². The second-order valence-electron chi connectivity index (χ2n) is 5.06. The molecule has 0 radical (unpaired) electrons. The van der Waals surface area contributed by atoms with Crippen LogP contribution in [-0.4, -0.2) is 36.0 Å². The molecule has 0 aliphatic carbocycles. The maximum atomic E-state index is 12.0. The number of rotatable bonds is 3. The van der Waals surface area contributed by atoms with Gasteiger partial charge in [-0.1, -0.05) is 12.1 Å². The molecule has 1 aromatic carbocycles. The maximum absolute atomic E-state index is 12.0. The summed E-state index contributed by atoms with van der Waals surface area (Å²) in [5, 5.41) is 9.44. The molecule has 5 heteroatoms. The van der Waals surface area contributed by atoms with Gasteiger partial charge in [0.25, 0.3) is 0 Å². The van der Waals surface area contributed by atoms with Crippen molar-refractivity contribution in [3.63, 3.8) is 0 Å². The number of benzene rings is 1. The van der Waals surface area contributed by atoms with E-state index in [1.54, 1.807) is 31.2 Å². The van der Waals surface area contributed by atoms with Crippen molar-refractivity contribution in [2.24, 2.45) is 5.92 Å². The van der Waals surface area contributed by atoms with E-state index in [2.05, 4.69) is 0 Å². The fraction of sp³-hybridized carbons (Fsp3) is 0.467. The molecular weight excluding hydrogens is 258 g/mol. The molecular formula is C15H19NO4. The van der Waals surface area contributed by atoms with Crippen LogP contribution in [0.2, 0.25) is 0 Å². The molecule has 2 atom stereocenters. The minimum Gasteiger partial charge on any atom is -0.497 e. The lowest BCUT2D eigenvalue weighted by Crippen LogP contribution is -2.36. The van der Waals surface area contributed by atoms with E-state index in [0.29, 0.717) is 25.0 Å². The topological polar surface area (TPSA) is 66.8 Å². The van der Waals surface area contributed by atoms with Gasteiger partial charge in [-0.05, 0) is 30.5 Å². The fourth-order valence-corrected chi connectivity index (χ4v) is 2.75. The van der Waals surface area contributed by atoms with Gasteiger partial charge in [-0.15, -0.1) is 0 Å². The van der Waals surface area contributed by atoms with Crippen molar-refractivity contribution in [2.75, 3.05) is 14.2 Å². The summed E-state index contributed by atoms with van der Waals surface area (Å²) in [5.74, 6) is -0.718. The van der Waals surface area contributed by atoms with Crippen LogP contribution in [0.5, 0.6) is 5.75 Å². The summed E-state index contributed by atoms with van der Waals surface area (Å²) in [6, 6.07) is 6.81. The largest absolute Gasteiger partial charge is 0.497 e. The number of methoxy groups -OCH3 is 1. The van der Waals surface area contributed by atoms with E-state index < -0.39 is 17.9 Å². The summed E-state index contributed by atoms with van der Waals surface area (Å²) < 4.78 is 5.11. The van der Waals surface area contributed by atoms with E-state index in [1.807, 2.05) is 12.1 Å². The summed E-state index contributed by atoms with van der Waals surface area (Å²) >= 11 is 0. The highest BCUT2D eigenvalue weighted by molar-refractivity contribution is 5.79. The Morgan fingerprint density at radius 2 is 2.00 bits per heavy atom. The fourth-order valence-electron chi connectivity index (χ4n) is 2.75. The van der Waals surface area contributed by atoms with Gasteiger partial charge >= 0.3 is 5.97 Å². The Labute approximate surface area is 118 Å². The highest BCUT2D eigenvalue weighted by atomic mass is 16.5. The zero-order valence-corrected chi connectivity index (χ0v) is 11.7. The number of carbonyl (C=O) groups is 2. The molecule has 1 N–H and O–H groups in total. The van der Waals surface area contributed by atoms with Crippen LogP contribution >= 0.6 is 0 Å². The molecule has 1 aliphatic rings. The van der Waals surface area contributed by atoms with Crippen LogP contribution < -0.4 is 4.74 Å². The van der Waals surface area contributed by atoms with Gasteiger partial charge in [0.05, 0.1) is 19.1 Å². The predicted octanol–water partition coefficient (Wildman–Crippen LogP) is 2.08. The third-order valence-electron chi connectivity index (χ3n) is 3.87. The molecule has 1 heterocycles. The van der Waals surface area contributed by atoms with Gasteiger partial charge in [-0.25, -0.2) is 0 Å². The van der Waals surface area contributed by atoms with E-state index in [-0.39, 0.29) is 5.91 Å². The van der Waals surface area contributed by atoms with Crippen LogP contribution in [-0.2, 0) is 9.59 Å². The van der Waals surface area contributed by atoms with Crippen molar-refractivity contribution in [1.29, 1.82) is 0 Å². The Morgan fingerprint density at radius 3 is 2.55 bits per heavy atom. The SMILES string of the molecule is COc1ccc(C2C(C(=O)O)CCCC(=O)N2C)cc1. The molecule has 1 aliphatic heterocycles. The third-order valence-corrected chi connectivity index (χ3v) is 3.87. The number of aliphatic carboxylic acids is 1. The zero-order valence-electron chi connectivity index (χ0n) is 11.7. The number of nitrogens with zero attached hydrogens (tertiary/aromatic N) is 1. The first-order valence-corrected chi connectivity index (χ1v) is 6.67. The molecule has 108 valence electrons. The number of carboxylic acid groups (broad SMARTS) is 1. The first kappa shape index (κ1) is 14.4. The lowest BCUT2D eigenvalue weighted by molar-refractivity contribution is -0.145. The number of amides is 1. The van der Waals surface area contributed by atoms with E-state index in [4.69, 9.17) is 4.74 Å². The molecule has 0 saturated carbocycles. The molecule has 5 nitrogen and oxygen atoms in total.